The van der Waals surface area contributed by atoms with Crippen LogP contribution in [0.4, 0.5) is 0 Å². The number of fused-ring (bicyclic) bond motifs is 5. The zero-order valence-electron chi connectivity index (χ0n) is 18.8. The first-order valence-electron chi connectivity index (χ1n) is 10.6. The van der Waals surface area contributed by atoms with Crippen molar-refractivity contribution in [3.05, 3.63) is 29.3 Å². The number of hydrogen-bond acceptors (Lipinski definition) is 9. The van der Waals surface area contributed by atoms with Crippen molar-refractivity contribution < 1.29 is 42.7 Å². The van der Waals surface area contributed by atoms with Gasteiger partial charge in [-0.3, -0.25) is 9.59 Å². The molecule has 9 heteroatoms. The Morgan fingerprint density at radius 3 is 2.36 bits per heavy atom. The molecule has 0 N–H and O–H groups in total. The Morgan fingerprint density at radius 2 is 1.70 bits per heavy atom. The van der Waals surface area contributed by atoms with E-state index in [0.29, 0.717) is 46.3 Å². The Labute approximate surface area is 190 Å². The van der Waals surface area contributed by atoms with Gasteiger partial charge in [-0.1, -0.05) is 0 Å². The third-order valence-corrected chi connectivity index (χ3v) is 6.39. The van der Waals surface area contributed by atoms with Gasteiger partial charge < -0.3 is 33.2 Å². The van der Waals surface area contributed by atoms with Crippen molar-refractivity contribution in [1.82, 2.24) is 0 Å². The van der Waals surface area contributed by atoms with Crippen LogP contribution < -0.4 is 23.7 Å². The number of hydrogen-bond donors (Lipinski definition) is 0. The molecule has 5 rings (SSSR count). The van der Waals surface area contributed by atoms with Gasteiger partial charge in [-0.2, -0.15) is 0 Å². The van der Waals surface area contributed by atoms with Crippen LogP contribution in [-0.2, 0) is 25.5 Å². The van der Waals surface area contributed by atoms with Gasteiger partial charge in [0.2, 0.25) is 12.5 Å². The van der Waals surface area contributed by atoms with E-state index in [4.69, 9.17) is 33.2 Å². The highest BCUT2D eigenvalue weighted by Crippen LogP contribution is 2.55. The summed E-state index contributed by atoms with van der Waals surface area (Å²) in [6.07, 6.45) is -0.379. The van der Waals surface area contributed by atoms with E-state index in [1.165, 1.54) is 14.0 Å². The highest BCUT2D eigenvalue weighted by Gasteiger charge is 2.47. The Hall–Kier alpha value is -3.62. The number of rotatable bonds is 4. The molecule has 0 radical (unpaired) electrons. The van der Waals surface area contributed by atoms with Crippen LogP contribution in [0.25, 0.3) is 11.1 Å². The summed E-state index contributed by atoms with van der Waals surface area (Å²) in [5.41, 5.74) is 2.93. The molecule has 9 nitrogen and oxygen atoms in total. The van der Waals surface area contributed by atoms with Crippen LogP contribution in [0.3, 0.4) is 0 Å². The minimum atomic E-state index is -0.727. The van der Waals surface area contributed by atoms with E-state index in [0.717, 1.165) is 11.1 Å². The highest BCUT2D eigenvalue weighted by atomic mass is 16.7. The molecule has 0 bridgehead atoms. The lowest BCUT2D eigenvalue weighted by molar-refractivity contribution is -0.150. The van der Waals surface area contributed by atoms with Gasteiger partial charge in [0, 0.05) is 24.0 Å². The molecular weight excluding hydrogens is 432 g/mol. The molecule has 0 unspecified atom stereocenters. The van der Waals surface area contributed by atoms with Crippen molar-refractivity contribution in [3.8, 4) is 39.9 Å². The first-order chi connectivity index (χ1) is 16.0. The Bertz CT molecular complexity index is 1140. The van der Waals surface area contributed by atoms with Gasteiger partial charge in [0.1, 0.15) is 6.10 Å². The third kappa shape index (κ3) is 3.30. The third-order valence-electron chi connectivity index (χ3n) is 6.39. The van der Waals surface area contributed by atoms with Gasteiger partial charge in [-0.15, -0.1) is 0 Å². The van der Waals surface area contributed by atoms with E-state index in [1.54, 1.807) is 20.3 Å². The second-order valence-corrected chi connectivity index (χ2v) is 8.11. The number of ether oxygens (including phenoxy) is 7. The monoisotopic (exact) mass is 456 g/mol. The second kappa shape index (κ2) is 8.06. The standard InChI is InChI=1S/C24H24O9/c1-11(25)33-21-14-8-18-17(31-10-32-18)7-13(14)20-12(5-15-16(21)9-30-24(15)26)6-19(27-2)22(28-3)23(20)29-4/h6-8,15-16,21H,5,9-10H2,1-4H3/t15-,16-,21+/m0/s1. The Kier molecular flexibility index (Phi) is 5.19. The summed E-state index contributed by atoms with van der Waals surface area (Å²) < 4.78 is 39.5. The molecular formula is C24H24O9. The maximum atomic E-state index is 12.8. The SMILES string of the molecule is COc1cc2c(c(OC)c1OC)-c1cc3c(cc1[C@@H](OC(C)=O)[C@H]1COC(=O)[C@H]1C2)OCO3. The number of esters is 2. The fourth-order valence-electron chi connectivity index (χ4n) is 4.98. The molecule has 2 heterocycles. The highest BCUT2D eigenvalue weighted by molar-refractivity contribution is 5.86. The molecule has 2 aromatic carbocycles. The van der Waals surface area contributed by atoms with E-state index < -0.39 is 18.0 Å². The molecule has 33 heavy (non-hydrogen) atoms. The zero-order chi connectivity index (χ0) is 23.3. The molecule has 2 aromatic rings. The predicted molar refractivity (Wildman–Crippen MR) is 114 cm³/mol. The summed E-state index contributed by atoms with van der Waals surface area (Å²) in [6.45, 7) is 1.58. The molecule has 0 aromatic heterocycles. The lowest BCUT2D eigenvalue weighted by Crippen LogP contribution is -2.29. The Balaban J connectivity index is 1.86. The van der Waals surface area contributed by atoms with Crippen LogP contribution in [0.5, 0.6) is 28.7 Å². The smallest absolute Gasteiger partial charge is 0.309 e. The van der Waals surface area contributed by atoms with E-state index >= 15 is 0 Å². The first-order valence-corrected chi connectivity index (χ1v) is 10.6. The minimum absolute atomic E-state index is 0.0834. The van der Waals surface area contributed by atoms with E-state index in [2.05, 4.69) is 0 Å². The van der Waals surface area contributed by atoms with Crippen LogP contribution in [-0.4, -0.2) is 46.7 Å². The fourth-order valence-corrected chi connectivity index (χ4v) is 4.98. The molecule has 0 amide bonds. The van der Waals surface area contributed by atoms with Crippen LogP contribution in [0.1, 0.15) is 24.2 Å². The predicted octanol–water partition coefficient (Wildman–Crippen LogP) is 3.06. The summed E-state index contributed by atoms with van der Waals surface area (Å²) in [4.78, 5) is 24.9. The van der Waals surface area contributed by atoms with Crippen molar-refractivity contribution in [2.75, 3.05) is 34.7 Å². The average Bonchev–Trinajstić information content (AvgIpc) is 3.40. The Morgan fingerprint density at radius 1 is 0.970 bits per heavy atom. The number of cyclic esters (lactones) is 1. The second-order valence-electron chi connectivity index (χ2n) is 8.11. The van der Waals surface area contributed by atoms with Crippen molar-refractivity contribution in [1.29, 1.82) is 0 Å². The van der Waals surface area contributed by atoms with Gasteiger partial charge in [-0.05, 0) is 35.7 Å². The fraction of sp³-hybridized carbons (Fsp3) is 0.417. The maximum absolute atomic E-state index is 12.8. The molecule has 1 aliphatic carbocycles. The van der Waals surface area contributed by atoms with Gasteiger partial charge >= 0.3 is 11.9 Å². The summed E-state index contributed by atoms with van der Waals surface area (Å²) in [6, 6.07) is 5.50. The largest absolute Gasteiger partial charge is 0.493 e. The van der Waals surface area contributed by atoms with E-state index in [1.807, 2.05) is 12.1 Å². The number of methoxy groups -OCH3 is 3. The summed E-state index contributed by atoms with van der Waals surface area (Å²) in [5.74, 6) is 0.764. The summed E-state index contributed by atoms with van der Waals surface area (Å²) in [5, 5.41) is 0. The number of benzene rings is 2. The molecule has 174 valence electrons. The van der Waals surface area contributed by atoms with Gasteiger partial charge in [0.15, 0.2) is 23.0 Å². The van der Waals surface area contributed by atoms with Crippen molar-refractivity contribution >= 4 is 11.9 Å². The number of carbonyl (C=O) groups excluding carboxylic acids is 2. The van der Waals surface area contributed by atoms with Gasteiger partial charge in [0.25, 0.3) is 0 Å². The van der Waals surface area contributed by atoms with Crippen LogP contribution in [0.15, 0.2) is 18.2 Å². The quantitative estimate of drug-likeness (QED) is 0.643. The zero-order valence-corrected chi connectivity index (χ0v) is 18.8. The molecule has 1 saturated heterocycles. The molecule has 3 aliphatic rings. The first kappa shape index (κ1) is 21.2. The minimum Gasteiger partial charge on any atom is -0.493 e. The van der Waals surface area contributed by atoms with Crippen LogP contribution >= 0.6 is 0 Å². The molecule has 0 saturated carbocycles. The average molecular weight is 456 g/mol. The molecule has 1 fully saturated rings. The van der Waals surface area contributed by atoms with Crippen LogP contribution in [0, 0.1) is 11.8 Å². The molecule has 0 spiro atoms. The van der Waals surface area contributed by atoms with Crippen LogP contribution in [0.2, 0.25) is 0 Å². The lowest BCUT2D eigenvalue weighted by Gasteiger charge is -2.32. The molecule has 3 atom stereocenters. The topological polar surface area (TPSA) is 98.8 Å². The van der Waals surface area contributed by atoms with Gasteiger partial charge in [-0.25, -0.2) is 0 Å². The lowest BCUT2D eigenvalue weighted by atomic mass is 9.76. The normalized spacial score (nSPS) is 22.2. The summed E-state index contributed by atoms with van der Waals surface area (Å²) >= 11 is 0. The van der Waals surface area contributed by atoms with E-state index in [9.17, 15) is 9.59 Å². The van der Waals surface area contributed by atoms with Gasteiger partial charge in [0.05, 0.1) is 33.9 Å². The van der Waals surface area contributed by atoms with Crippen molar-refractivity contribution in [2.24, 2.45) is 11.8 Å². The number of carbonyl (C=O) groups is 2. The molecule has 2 aliphatic heterocycles. The summed E-state index contributed by atoms with van der Waals surface area (Å²) in [7, 11) is 4.61. The maximum Gasteiger partial charge on any atom is 0.309 e. The van der Waals surface area contributed by atoms with E-state index in [-0.39, 0.29) is 25.3 Å². The van der Waals surface area contributed by atoms with Crippen molar-refractivity contribution in [3.63, 3.8) is 0 Å². The van der Waals surface area contributed by atoms with Crippen molar-refractivity contribution in [2.45, 2.75) is 19.4 Å².